The fourth-order valence-corrected chi connectivity index (χ4v) is 1.61. The summed E-state index contributed by atoms with van der Waals surface area (Å²) in [5.74, 6) is 0. The largest absolute Gasteiger partial charge is 0.238 e. The second-order valence-corrected chi connectivity index (χ2v) is 3.70. The van der Waals surface area contributed by atoms with Crippen molar-refractivity contribution in [2.24, 2.45) is 5.10 Å². The van der Waals surface area contributed by atoms with Crippen LogP contribution in [-0.2, 0) is 0 Å². The third kappa shape index (κ3) is 1.43. The van der Waals surface area contributed by atoms with Crippen molar-refractivity contribution >= 4 is 16.6 Å². The van der Waals surface area contributed by atoms with E-state index in [9.17, 15) is 0 Å². The lowest BCUT2D eigenvalue weighted by molar-refractivity contribution is 0.878. The smallest absolute Gasteiger partial charge is 0.0721 e. The van der Waals surface area contributed by atoms with Crippen molar-refractivity contribution in [3.05, 3.63) is 36.0 Å². The Morgan fingerprint density at radius 1 is 1.21 bits per heavy atom. The van der Waals surface area contributed by atoms with Crippen LogP contribution in [0.5, 0.6) is 0 Å². The quantitative estimate of drug-likeness (QED) is 0.608. The van der Waals surface area contributed by atoms with Gasteiger partial charge in [-0.05, 0) is 32.9 Å². The molecule has 0 radical (unpaired) electrons. The molecule has 14 heavy (non-hydrogen) atoms. The second kappa shape index (κ2) is 3.29. The Kier molecular flexibility index (Phi) is 2.12. The van der Waals surface area contributed by atoms with E-state index in [0.717, 1.165) is 5.71 Å². The van der Waals surface area contributed by atoms with E-state index in [1.54, 1.807) is 0 Å². The number of fused-ring (bicyclic) bond motifs is 1. The molecule has 0 bridgehead atoms. The number of rotatable bonds is 1. The molecular formula is C12H14N2. The van der Waals surface area contributed by atoms with Crippen LogP contribution in [0.15, 0.2) is 35.4 Å². The van der Waals surface area contributed by atoms with Crippen molar-refractivity contribution in [1.29, 1.82) is 0 Å². The maximum atomic E-state index is 4.48. The second-order valence-electron chi connectivity index (χ2n) is 3.70. The highest BCUT2D eigenvalue weighted by atomic mass is 15.3. The van der Waals surface area contributed by atoms with Gasteiger partial charge in [0, 0.05) is 16.8 Å². The highest BCUT2D eigenvalue weighted by molar-refractivity contribution is 5.83. The Bertz CT molecular complexity index is 488. The number of para-hydroxylation sites is 1. The highest BCUT2D eigenvalue weighted by Gasteiger charge is 2.02. The molecule has 0 aliphatic rings. The molecule has 1 heterocycles. The molecule has 0 unspecified atom stereocenters. The van der Waals surface area contributed by atoms with Crippen molar-refractivity contribution in [2.45, 2.75) is 20.8 Å². The Labute approximate surface area is 83.9 Å². The third-order valence-corrected chi connectivity index (χ3v) is 2.16. The molecule has 2 rings (SSSR count). The third-order valence-electron chi connectivity index (χ3n) is 2.16. The summed E-state index contributed by atoms with van der Waals surface area (Å²) in [4.78, 5) is 0. The molecule has 1 aromatic heterocycles. The zero-order chi connectivity index (χ0) is 10.1. The predicted molar refractivity (Wildman–Crippen MR) is 60.9 cm³/mol. The molecule has 0 saturated heterocycles. The fourth-order valence-electron chi connectivity index (χ4n) is 1.61. The monoisotopic (exact) mass is 186 g/mol. The van der Waals surface area contributed by atoms with E-state index in [0.29, 0.717) is 0 Å². The summed E-state index contributed by atoms with van der Waals surface area (Å²) in [5, 5.41) is 5.73. The maximum Gasteiger partial charge on any atom is 0.0721 e. The average molecular weight is 186 g/mol. The van der Waals surface area contributed by atoms with E-state index in [2.05, 4.69) is 36.3 Å². The van der Waals surface area contributed by atoms with E-state index >= 15 is 0 Å². The van der Waals surface area contributed by atoms with Crippen molar-refractivity contribution in [3.63, 3.8) is 0 Å². The van der Waals surface area contributed by atoms with Crippen LogP contribution < -0.4 is 0 Å². The zero-order valence-electron chi connectivity index (χ0n) is 8.78. The minimum Gasteiger partial charge on any atom is -0.238 e. The summed E-state index contributed by atoms with van der Waals surface area (Å²) in [7, 11) is 0. The van der Waals surface area contributed by atoms with Gasteiger partial charge >= 0.3 is 0 Å². The molecule has 1 aromatic carbocycles. The lowest BCUT2D eigenvalue weighted by Crippen LogP contribution is -1.94. The number of hydrogen-bond donors (Lipinski definition) is 0. The van der Waals surface area contributed by atoms with Gasteiger partial charge in [0.25, 0.3) is 0 Å². The van der Waals surface area contributed by atoms with Crippen LogP contribution in [-0.4, -0.2) is 10.4 Å². The summed E-state index contributed by atoms with van der Waals surface area (Å²) < 4.78 is 1.99. The standard InChI is InChI=1S/C12H14N2/c1-9(2)13-14-10(3)8-11-6-4-5-7-12(11)14/h4-8H,1-3H3. The van der Waals surface area contributed by atoms with Crippen molar-refractivity contribution < 1.29 is 0 Å². The summed E-state index contributed by atoms with van der Waals surface area (Å²) in [6.07, 6.45) is 0. The Morgan fingerprint density at radius 2 is 1.93 bits per heavy atom. The molecule has 0 saturated carbocycles. The summed E-state index contributed by atoms with van der Waals surface area (Å²) >= 11 is 0. The molecule has 2 aromatic rings. The van der Waals surface area contributed by atoms with Crippen LogP contribution in [0, 0.1) is 6.92 Å². The molecule has 72 valence electrons. The first kappa shape index (κ1) is 9.00. The minimum atomic E-state index is 1.06. The molecule has 0 fully saturated rings. The van der Waals surface area contributed by atoms with Gasteiger partial charge in [-0.3, -0.25) is 0 Å². The van der Waals surface area contributed by atoms with Crippen LogP contribution in [0.25, 0.3) is 10.9 Å². The minimum absolute atomic E-state index is 1.06. The lowest BCUT2D eigenvalue weighted by atomic mass is 10.2. The summed E-state index contributed by atoms with van der Waals surface area (Å²) in [6, 6.07) is 10.4. The molecule has 0 spiro atoms. The molecule has 0 atom stereocenters. The lowest BCUT2D eigenvalue weighted by Gasteiger charge is -2.00. The maximum absolute atomic E-state index is 4.48. The average Bonchev–Trinajstić information content (AvgIpc) is 2.43. The first-order valence-electron chi connectivity index (χ1n) is 4.78. The molecule has 0 amide bonds. The number of nitrogens with zero attached hydrogens (tertiary/aromatic N) is 2. The van der Waals surface area contributed by atoms with E-state index in [1.807, 2.05) is 24.6 Å². The van der Waals surface area contributed by atoms with Gasteiger partial charge in [0.05, 0.1) is 5.52 Å². The number of hydrogen-bond acceptors (Lipinski definition) is 1. The van der Waals surface area contributed by atoms with Gasteiger partial charge in [-0.2, -0.15) is 5.10 Å². The SMILES string of the molecule is CC(C)=Nn1c(C)cc2ccccc21. The van der Waals surface area contributed by atoms with Crippen molar-refractivity contribution in [1.82, 2.24) is 4.68 Å². The molecular weight excluding hydrogens is 172 g/mol. The first-order valence-corrected chi connectivity index (χ1v) is 4.78. The molecule has 2 nitrogen and oxygen atoms in total. The first-order chi connectivity index (χ1) is 6.68. The van der Waals surface area contributed by atoms with Crippen LogP contribution in [0.2, 0.25) is 0 Å². The normalized spacial score (nSPS) is 10.5. The topological polar surface area (TPSA) is 17.3 Å². The number of aromatic nitrogens is 1. The van der Waals surface area contributed by atoms with Gasteiger partial charge in [-0.1, -0.05) is 18.2 Å². The van der Waals surface area contributed by atoms with E-state index < -0.39 is 0 Å². The predicted octanol–water partition coefficient (Wildman–Crippen LogP) is 3.19. The number of aryl methyl sites for hydroxylation is 1. The van der Waals surface area contributed by atoms with Crippen LogP contribution >= 0.6 is 0 Å². The van der Waals surface area contributed by atoms with E-state index in [-0.39, 0.29) is 0 Å². The van der Waals surface area contributed by atoms with Gasteiger partial charge in [0.2, 0.25) is 0 Å². The molecule has 0 N–H and O–H groups in total. The highest BCUT2D eigenvalue weighted by Crippen LogP contribution is 2.18. The number of benzene rings is 1. The van der Waals surface area contributed by atoms with E-state index in [1.165, 1.54) is 16.6 Å². The van der Waals surface area contributed by atoms with Gasteiger partial charge in [-0.25, -0.2) is 4.68 Å². The molecule has 0 aliphatic heterocycles. The van der Waals surface area contributed by atoms with Crippen LogP contribution in [0.1, 0.15) is 19.5 Å². The van der Waals surface area contributed by atoms with Gasteiger partial charge in [-0.15, -0.1) is 0 Å². The van der Waals surface area contributed by atoms with Gasteiger partial charge < -0.3 is 0 Å². The Morgan fingerprint density at radius 3 is 2.64 bits per heavy atom. The van der Waals surface area contributed by atoms with Crippen molar-refractivity contribution in [3.8, 4) is 0 Å². The summed E-state index contributed by atoms with van der Waals surface area (Å²) in [5.41, 5.74) is 3.41. The van der Waals surface area contributed by atoms with Gasteiger partial charge in [0.1, 0.15) is 0 Å². The van der Waals surface area contributed by atoms with Crippen molar-refractivity contribution in [2.75, 3.05) is 0 Å². The van der Waals surface area contributed by atoms with E-state index in [4.69, 9.17) is 0 Å². The van der Waals surface area contributed by atoms with Crippen LogP contribution in [0.4, 0.5) is 0 Å². The van der Waals surface area contributed by atoms with Gasteiger partial charge in [0.15, 0.2) is 0 Å². The molecule has 2 heteroatoms. The Balaban J connectivity index is 2.74. The fraction of sp³-hybridized carbons (Fsp3) is 0.250. The molecule has 0 aliphatic carbocycles. The zero-order valence-corrected chi connectivity index (χ0v) is 8.78. The van der Waals surface area contributed by atoms with Crippen LogP contribution in [0.3, 0.4) is 0 Å². The summed E-state index contributed by atoms with van der Waals surface area (Å²) in [6.45, 7) is 6.09. The Hall–Kier alpha value is -1.57.